The highest BCUT2D eigenvalue weighted by Crippen LogP contribution is 2.38. The van der Waals surface area contributed by atoms with Crippen molar-refractivity contribution in [3.8, 4) is 5.75 Å². The number of halogens is 4. The van der Waals surface area contributed by atoms with Gasteiger partial charge in [0.15, 0.2) is 0 Å². The molecule has 0 spiro atoms. The molecule has 38 heavy (non-hydrogen) atoms. The van der Waals surface area contributed by atoms with Crippen LogP contribution in [0.3, 0.4) is 0 Å². The molecular formula is C30H32F4N2O2. The second-order valence-corrected chi connectivity index (χ2v) is 10.1. The lowest BCUT2D eigenvalue weighted by Gasteiger charge is -2.32. The number of likely N-dealkylation sites (tertiary alicyclic amines) is 1. The fourth-order valence-corrected chi connectivity index (χ4v) is 5.21. The van der Waals surface area contributed by atoms with E-state index in [2.05, 4.69) is 4.90 Å². The Labute approximate surface area is 220 Å². The molecule has 8 heteroatoms. The summed E-state index contributed by atoms with van der Waals surface area (Å²) in [6.07, 6.45) is -4.44. The maximum Gasteiger partial charge on any atom is 0.416 e. The molecule has 4 rings (SSSR count). The second kappa shape index (κ2) is 11.6. The van der Waals surface area contributed by atoms with Gasteiger partial charge in [-0.2, -0.15) is 13.2 Å². The minimum Gasteiger partial charge on any atom is -0.496 e. The molecule has 2 atom stereocenters. The van der Waals surface area contributed by atoms with Crippen LogP contribution >= 0.6 is 0 Å². The molecule has 0 aliphatic carbocycles. The Kier molecular flexibility index (Phi) is 8.41. The normalized spacial score (nSPS) is 18.1. The molecule has 1 aliphatic rings. The van der Waals surface area contributed by atoms with Gasteiger partial charge in [-0.15, -0.1) is 0 Å². The standard InChI is InChI=1S/C30H32F4N2O2/c1-20(2)36(29(37)21-11-13-26(31)14-12-21)18-24-17-35(16-23-7-4-5-10-28(23)38-3)19-27(24)22-8-6-9-25(15-22)30(32,33)34/h4-15,20,24,27H,16-19H2,1-3H3. The number of carbonyl (C=O) groups excluding carboxylic acids is 1. The summed E-state index contributed by atoms with van der Waals surface area (Å²) in [6.45, 7) is 5.88. The lowest BCUT2D eigenvalue weighted by Crippen LogP contribution is -2.42. The van der Waals surface area contributed by atoms with E-state index in [1.165, 1.54) is 36.4 Å². The van der Waals surface area contributed by atoms with Crippen molar-refractivity contribution < 1.29 is 27.1 Å². The largest absolute Gasteiger partial charge is 0.496 e. The topological polar surface area (TPSA) is 32.8 Å². The van der Waals surface area contributed by atoms with Gasteiger partial charge >= 0.3 is 6.18 Å². The molecule has 1 amide bonds. The van der Waals surface area contributed by atoms with Gasteiger partial charge in [0.2, 0.25) is 0 Å². The minimum atomic E-state index is -4.44. The first-order valence-electron chi connectivity index (χ1n) is 12.6. The lowest BCUT2D eigenvalue weighted by molar-refractivity contribution is -0.137. The van der Waals surface area contributed by atoms with Crippen LogP contribution in [0.5, 0.6) is 5.75 Å². The average Bonchev–Trinajstić information content (AvgIpc) is 3.29. The SMILES string of the molecule is COc1ccccc1CN1CC(CN(C(=O)c2ccc(F)cc2)C(C)C)C(c2cccc(C(F)(F)F)c2)C1. The van der Waals surface area contributed by atoms with E-state index in [4.69, 9.17) is 4.74 Å². The number of amides is 1. The van der Waals surface area contributed by atoms with Gasteiger partial charge in [-0.25, -0.2) is 4.39 Å². The molecule has 3 aromatic carbocycles. The molecule has 0 aromatic heterocycles. The van der Waals surface area contributed by atoms with E-state index in [1.807, 2.05) is 38.1 Å². The highest BCUT2D eigenvalue weighted by molar-refractivity contribution is 5.94. The number of carbonyl (C=O) groups is 1. The molecule has 202 valence electrons. The Hall–Kier alpha value is -3.39. The van der Waals surface area contributed by atoms with Crippen LogP contribution in [0.15, 0.2) is 72.8 Å². The quantitative estimate of drug-likeness (QED) is 0.308. The summed E-state index contributed by atoms with van der Waals surface area (Å²) in [4.78, 5) is 17.3. The third-order valence-electron chi connectivity index (χ3n) is 7.15. The summed E-state index contributed by atoms with van der Waals surface area (Å²) in [5.74, 6) is -0.230. The minimum absolute atomic E-state index is 0.111. The van der Waals surface area contributed by atoms with Gasteiger partial charge in [0.1, 0.15) is 11.6 Å². The summed E-state index contributed by atoms with van der Waals surface area (Å²) in [6, 6.07) is 18.4. The van der Waals surface area contributed by atoms with Crippen LogP contribution in [0.25, 0.3) is 0 Å². The molecule has 0 radical (unpaired) electrons. The monoisotopic (exact) mass is 528 g/mol. The second-order valence-electron chi connectivity index (χ2n) is 10.1. The van der Waals surface area contributed by atoms with Crippen LogP contribution in [-0.2, 0) is 12.7 Å². The number of benzene rings is 3. The Balaban J connectivity index is 1.64. The van der Waals surface area contributed by atoms with E-state index >= 15 is 0 Å². The molecule has 1 fully saturated rings. The zero-order valence-electron chi connectivity index (χ0n) is 21.7. The van der Waals surface area contributed by atoms with E-state index < -0.39 is 17.6 Å². The molecule has 1 saturated heterocycles. The molecule has 3 aromatic rings. The van der Waals surface area contributed by atoms with Crippen LogP contribution in [-0.4, -0.2) is 48.5 Å². The van der Waals surface area contributed by atoms with Gasteiger partial charge in [0.25, 0.3) is 5.91 Å². The maximum absolute atomic E-state index is 13.5. The Morgan fingerprint density at radius 3 is 2.39 bits per heavy atom. The zero-order chi connectivity index (χ0) is 27.4. The smallest absolute Gasteiger partial charge is 0.416 e. The van der Waals surface area contributed by atoms with E-state index in [0.717, 1.165) is 17.4 Å². The molecule has 2 unspecified atom stereocenters. The summed E-state index contributed by atoms with van der Waals surface area (Å²) < 4.78 is 59.6. The van der Waals surface area contributed by atoms with E-state index in [1.54, 1.807) is 18.1 Å². The number of methoxy groups -OCH3 is 1. The number of ether oxygens (including phenoxy) is 1. The first-order chi connectivity index (χ1) is 18.1. The molecular weight excluding hydrogens is 496 g/mol. The first kappa shape index (κ1) is 27.6. The van der Waals surface area contributed by atoms with Crippen LogP contribution < -0.4 is 4.74 Å². The molecule has 1 heterocycles. The van der Waals surface area contributed by atoms with Gasteiger partial charge in [0.05, 0.1) is 12.7 Å². The van der Waals surface area contributed by atoms with Gasteiger partial charge < -0.3 is 9.64 Å². The number of rotatable bonds is 8. The van der Waals surface area contributed by atoms with Crippen molar-refractivity contribution >= 4 is 5.91 Å². The van der Waals surface area contributed by atoms with Crippen molar-refractivity contribution in [1.29, 1.82) is 0 Å². The number of alkyl halides is 3. The molecule has 0 N–H and O–H groups in total. The summed E-state index contributed by atoms with van der Waals surface area (Å²) >= 11 is 0. The van der Waals surface area contributed by atoms with E-state index in [9.17, 15) is 22.4 Å². The first-order valence-corrected chi connectivity index (χ1v) is 12.6. The van der Waals surface area contributed by atoms with Crippen molar-refractivity contribution in [2.45, 2.75) is 38.5 Å². The fraction of sp³-hybridized carbons (Fsp3) is 0.367. The van der Waals surface area contributed by atoms with Crippen LogP contribution in [0.2, 0.25) is 0 Å². The van der Waals surface area contributed by atoms with Gasteiger partial charge in [-0.05, 0) is 61.7 Å². The molecule has 4 nitrogen and oxygen atoms in total. The highest BCUT2D eigenvalue weighted by Gasteiger charge is 2.38. The van der Waals surface area contributed by atoms with Crippen LogP contribution in [0, 0.1) is 11.7 Å². The Bertz CT molecular complexity index is 1240. The predicted molar refractivity (Wildman–Crippen MR) is 139 cm³/mol. The average molecular weight is 529 g/mol. The number of para-hydroxylation sites is 1. The number of nitrogens with zero attached hydrogens (tertiary/aromatic N) is 2. The lowest BCUT2D eigenvalue weighted by atomic mass is 9.87. The summed E-state index contributed by atoms with van der Waals surface area (Å²) in [7, 11) is 1.61. The van der Waals surface area contributed by atoms with Gasteiger partial charge in [0, 0.05) is 49.3 Å². The fourth-order valence-electron chi connectivity index (χ4n) is 5.21. The van der Waals surface area contributed by atoms with Crippen molar-refractivity contribution in [3.05, 3.63) is 101 Å². The summed E-state index contributed by atoms with van der Waals surface area (Å²) in [5.41, 5.74) is 1.28. The van der Waals surface area contributed by atoms with E-state index in [-0.39, 0.29) is 23.8 Å². The third kappa shape index (κ3) is 6.35. The Morgan fingerprint density at radius 2 is 1.74 bits per heavy atom. The van der Waals surface area contributed by atoms with Crippen LogP contribution in [0.4, 0.5) is 17.6 Å². The highest BCUT2D eigenvalue weighted by atomic mass is 19.4. The zero-order valence-corrected chi connectivity index (χ0v) is 21.7. The molecule has 1 aliphatic heterocycles. The number of hydrogen-bond donors (Lipinski definition) is 0. The van der Waals surface area contributed by atoms with Gasteiger partial charge in [-0.3, -0.25) is 9.69 Å². The maximum atomic E-state index is 13.5. The summed E-state index contributed by atoms with van der Waals surface area (Å²) in [5, 5.41) is 0. The van der Waals surface area contributed by atoms with Crippen molar-refractivity contribution in [1.82, 2.24) is 9.80 Å². The Morgan fingerprint density at radius 1 is 1.03 bits per heavy atom. The van der Waals surface area contributed by atoms with Crippen molar-refractivity contribution in [2.75, 3.05) is 26.7 Å². The van der Waals surface area contributed by atoms with Crippen molar-refractivity contribution in [3.63, 3.8) is 0 Å². The molecule has 0 saturated carbocycles. The van der Waals surface area contributed by atoms with Gasteiger partial charge in [-0.1, -0.05) is 36.4 Å². The number of hydrogen-bond acceptors (Lipinski definition) is 3. The van der Waals surface area contributed by atoms with Crippen molar-refractivity contribution in [2.24, 2.45) is 5.92 Å². The van der Waals surface area contributed by atoms with Crippen LogP contribution in [0.1, 0.15) is 46.8 Å². The predicted octanol–water partition coefficient (Wildman–Crippen LogP) is 6.62. The molecule has 0 bridgehead atoms. The third-order valence-corrected chi connectivity index (χ3v) is 7.15. The van der Waals surface area contributed by atoms with E-state index in [0.29, 0.717) is 37.3 Å².